The molecule has 0 aromatic carbocycles. The third-order valence-corrected chi connectivity index (χ3v) is 5.89. The molecule has 0 radical (unpaired) electrons. The van der Waals surface area contributed by atoms with Gasteiger partial charge < -0.3 is 19.5 Å². The minimum atomic E-state index is -2.22. The highest BCUT2D eigenvalue weighted by molar-refractivity contribution is 8.38. The largest absolute Gasteiger partial charge is 0.382 e. The van der Waals surface area contributed by atoms with Crippen LogP contribution in [0.4, 0.5) is 0 Å². The molecule has 1 unspecified atom stereocenters. The van der Waals surface area contributed by atoms with Gasteiger partial charge in [-0.1, -0.05) is 0 Å². The van der Waals surface area contributed by atoms with Gasteiger partial charge in [-0.15, -0.1) is 0 Å². The molecule has 3 rings (SSSR count). The minimum Gasteiger partial charge on any atom is -0.382 e. The van der Waals surface area contributed by atoms with Gasteiger partial charge in [-0.25, -0.2) is 0 Å². The van der Waals surface area contributed by atoms with Crippen LogP contribution in [0.15, 0.2) is 27.2 Å². The smallest absolute Gasteiger partial charge is 0.157 e. The molecule has 3 N–H and O–H groups in total. The molecular weight excluding hydrogens is 290 g/mol. The average molecular weight is 307 g/mol. The summed E-state index contributed by atoms with van der Waals surface area (Å²) < 4.78 is 18.6. The van der Waals surface area contributed by atoms with E-state index in [1.165, 1.54) is 6.34 Å². The van der Waals surface area contributed by atoms with Gasteiger partial charge >= 0.3 is 0 Å². The number of ether oxygens (including phenoxy) is 2. The molecule has 1 saturated heterocycles. The van der Waals surface area contributed by atoms with Crippen molar-refractivity contribution in [3.8, 4) is 5.40 Å². The normalized spacial score (nSPS) is 37.2. The Labute approximate surface area is 124 Å². The summed E-state index contributed by atoms with van der Waals surface area (Å²) >= 11 is 0. The second-order valence-electron chi connectivity index (χ2n) is 4.96. The molecule has 8 heteroatoms. The number of amidine groups is 1. The van der Waals surface area contributed by atoms with Gasteiger partial charge in [0.15, 0.2) is 5.40 Å². The first-order valence-corrected chi connectivity index (χ1v) is 8.25. The molecule has 0 aromatic heterocycles. The quantitative estimate of drug-likeness (QED) is 0.682. The number of nitrogens with zero attached hydrogens (tertiary/aromatic N) is 2. The SMILES string of the molecule is COC[C@@H]1CC[C@H](C2=CC=C3NS2(C#N)N=CNC3=N)O1. The van der Waals surface area contributed by atoms with Gasteiger partial charge in [0.05, 0.1) is 24.5 Å². The van der Waals surface area contributed by atoms with Crippen LogP contribution in [0.1, 0.15) is 12.8 Å². The Hall–Kier alpha value is -1.82. The molecule has 2 bridgehead atoms. The van der Waals surface area contributed by atoms with Crippen molar-refractivity contribution in [3.05, 3.63) is 22.8 Å². The fourth-order valence-corrected chi connectivity index (χ4v) is 4.61. The van der Waals surface area contributed by atoms with E-state index in [0.29, 0.717) is 12.3 Å². The summed E-state index contributed by atoms with van der Waals surface area (Å²) in [4.78, 5) is 0.861. The first kappa shape index (κ1) is 14.1. The molecule has 112 valence electrons. The number of methoxy groups -OCH3 is 1. The number of thiocyanates is 1. The van der Waals surface area contributed by atoms with E-state index in [9.17, 15) is 5.26 Å². The van der Waals surface area contributed by atoms with Crippen LogP contribution in [0.3, 0.4) is 0 Å². The lowest BCUT2D eigenvalue weighted by Crippen LogP contribution is -2.31. The Morgan fingerprint density at radius 2 is 2.43 bits per heavy atom. The Kier molecular flexibility index (Phi) is 3.71. The van der Waals surface area contributed by atoms with Gasteiger partial charge in [0.1, 0.15) is 12.2 Å². The molecule has 3 atom stereocenters. The molecule has 3 aliphatic heterocycles. The number of hydrogen-bond donors (Lipinski definition) is 3. The van der Waals surface area contributed by atoms with Crippen LogP contribution in [-0.2, 0) is 9.47 Å². The van der Waals surface area contributed by atoms with Crippen LogP contribution in [0, 0.1) is 16.1 Å². The first-order valence-electron chi connectivity index (χ1n) is 6.66. The van der Waals surface area contributed by atoms with Crippen molar-refractivity contribution in [3.63, 3.8) is 0 Å². The van der Waals surface area contributed by atoms with E-state index < -0.39 is 10.4 Å². The Balaban J connectivity index is 1.91. The van der Waals surface area contributed by atoms with E-state index >= 15 is 0 Å². The zero-order valence-electron chi connectivity index (χ0n) is 11.6. The molecule has 7 nitrogen and oxygen atoms in total. The van der Waals surface area contributed by atoms with Crippen LogP contribution in [0.5, 0.6) is 0 Å². The first-order chi connectivity index (χ1) is 10.2. The molecule has 0 saturated carbocycles. The topological polar surface area (TPSA) is 103 Å². The van der Waals surface area contributed by atoms with Crippen molar-refractivity contribution in [1.29, 1.82) is 10.7 Å². The van der Waals surface area contributed by atoms with Crippen LogP contribution >= 0.6 is 10.4 Å². The third kappa shape index (κ3) is 2.44. The zero-order valence-corrected chi connectivity index (χ0v) is 12.4. The minimum absolute atomic E-state index is 0.0626. The summed E-state index contributed by atoms with van der Waals surface area (Å²) in [6, 6.07) is 0. The third-order valence-electron chi connectivity index (χ3n) is 3.61. The molecule has 21 heavy (non-hydrogen) atoms. The van der Waals surface area contributed by atoms with Crippen LogP contribution in [0.2, 0.25) is 0 Å². The van der Waals surface area contributed by atoms with Crippen molar-refractivity contribution in [2.24, 2.45) is 4.40 Å². The molecule has 3 heterocycles. The lowest BCUT2D eigenvalue weighted by molar-refractivity contribution is 0.0137. The summed E-state index contributed by atoms with van der Waals surface area (Å²) in [7, 11) is -0.564. The molecule has 0 aliphatic carbocycles. The molecule has 1 fully saturated rings. The predicted octanol–water partition coefficient (Wildman–Crippen LogP) is 1.28. The van der Waals surface area contributed by atoms with E-state index in [1.807, 2.05) is 6.08 Å². The Bertz CT molecular complexity index is 594. The maximum atomic E-state index is 9.67. The fourth-order valence-electron chi connectivity index (χ4n) is 2.61. The van der Waals surface area contributed by atoms with Crippen LogP contribution in [-0.4, -0.2) is 38.1 Å². The van der Waals surface area contributed by atoms with Gasteiger partial charge in [0.25, 0.3) is 0 Å². The Morgan fingerprint density at radius 1 is 1.57 bits per heavy atom. The zero-order chi connectivity index (χ0) is 14.9. The lowest BCUT2D eigenvalue weighted by Gasteiger charge is -2.36. The van der Waals surface area contributed by atoms with Gasteiger partial charge in [-0.05, 0) is 25.0 Å². The summed E-state index contributed by atoms with van der Waals surface area (Å²) in [5.74, 6) is 0.211. The standard InChI is InChI=1S/C13H17N5O2S/c1-19-6-9-2-4-11(20-9)12-5-3-10-13(15)16-8-17-21(12,7-14)18-10/h3,5,8-9,11,18H,2,4,6H2,1H3,(H2,15,16,17)/t9-,11+/m0/s1. The maximum absolute atomic E-state index is 9.67. The monoisotopic (exact) mass is 307 g/mol. The fraction of sp³-hybridized carbons (Fsp3) is 0.462. The van der Waals surface area contributed by atoms with Gasteiger partial charge in [0.2, 0.25) is 0 Å². The number of allylic oxidation sites excluding steroid dienone is 2. The predicted molar refractivity (Wildman–Crippen MR) is 81.6 cm³/mol. The highest BCUT2D eigenvalue weighted by atomic mass is 32.3. The molecule has 0 amide bonds. The van der Waals surface area contributed by atoms with E-state index in [4.69, 9.17) is 14.9 Å². The van der Waals surface area contributed by atoms with Crippen molar-refractivity contribution in [1.82, 2.24) is 10.0 Å². The second-order valence-corrected chi connectivity index (χ2v) is 7.19. The highest BCUT2D eigenvalue weighted by Crippen LogP contribution is 2.58. The summed E-state index contributed by atoms with van der Waals surface area (Å²) in [5, 5.41) is 22.5. The van der Waals surface area contributed by atoms with Crippen LogP contribution < -0.4 is 10.0 Å². The lowest BCUT2D eigenvalue weighted by atomic mass is 10.2. The number of nitriles is 1. The summed E-state index contributed by atoms with van der Waals surface area (Å²) in [5.41, 5.74) is 0.583. The van der Waals surface area contributed by atoms with Crippen molar-refractivity contribution in [2.45, 2.75) is 25.0 Å². The van der Waals surface area contributed by atoms with Crippen molar-refractivity contribution < 1.29 is 9.47 Å². The number of fused-ring (bicyclic) bond motifs is 2. The molecular formula is C13H17N5O2S. The number of nitrogens with one attached hydrogen (secondary N) is 3. The van der Waals surface area contributed by atoms with E-state index in [-0.39, 0.29) is 18.0 Å². The highest BCUT2D eigenvalue weighted by Gasteiger charge is 2.41. The Morgan fingerprint density at radius 3 is 3.19 bits per heavy atom. The van der Waals surface area contributed by atoms with Crippen LogP contribution in [0.25, 0.3) is 0 Å². The van der Waals surface area contributed by atoms with E-state index in [1.54, 1.807) is 13.2 Å². The average Bonchev–Trinajstić information content (AvgIpc) is 2.90. The van der Waals surface area contributed by atoms with E-state index in [2.05, 4.69) is 19.8 Å². The summed E-state index contributed by atoms with van der Waals surface area (Å²) in [6.45, 7) is 0.558. The molecule has 3 aliphatic rings. The molecule has 0 aromatic rings. The van der Waals surface area contributed by atoms with Gasteiger partial charge in [-0.2, -0.15) is 9.66 Å². The van der Waals surface area contributed by atoms with Crippen molar-refractivity contribution >= 4 is 22.6 Å². The molecule has 0 spiro atoms. The van der Waals surface area contributed by atoms with Gasteiger partial charge in [0, 0.05) is 22.4 Å². The van der Waals surface area contributed by atoms with Crippen molar-refractivity contribution in [2.75, 3.05) is 13.7 Å². The second kappa shape index (κ2) is 5.52. The number of hydrogen-bond acceptors (Lipinski definition) is 6. The van der Waals surface area contributed by atoms with Gasteiger partial charge in [-0.3, -0.25) is 5.41 Å². The van der Waals surface area contributed by atoms with E-state index in [0.717, 1.165) is 17.7 Å². The summed E-state index contributed by atoms with van der Waals surface area (Å²) in [6.07, 6.45) is 6.79. The number of rotatable bonds is 3. The maximum Gasteiger partial charge on any atom is 0.157 e.